The minimum atomic E-state index is -0.0808. The molecule has 1 aromatic heterocycles. The maximum absolute atomic E-state index is 12.1. The second-order valence-electron chi connectivity index (χ2n) is 4.86. The summed E-state index contributed by atoms with van der Waals surface area (Å²) >= 11 is 0. The Labute approximate surface area is 123 Å². The Morgan fingerprint density at radius 3 is 2.48 bits per heavy atom. The zero-order chi connectivity index (χ0) is 14.8. The average molecular weight is 277 g/mol. The van der Waals surface area contributed by atoms with Gasteiger partial charge in [0.25, 0.3) is 0 Å². The van der Waals surface area contributed by atoms with Crippen molar-refractivity contribution in [3.63, 3.8) is 0 Å². The van der Waals surface area contributed by atoms with E-state index in [0.717, 1.165) is 22.2 Å². The second-order valence-corrected chi connectivity index (χ2v) is 4.86. The number of amides is 1. The van der Waals surface area contributed by atoms with E-state index in [9.17, 15) is 4.79 Å². The fourth-order valence-corrected chi connectivity index (χ4v) is 2.43. The van der Waals surface area contributed by atoms with Gasteiger partial charge < -0.3 is 0 Å². The van der Waals surface area contributed by atoms with Crippen molar-refractivity contribution >= 4 is 28.3 Å². The molecule has 0 aliphatic rings. The summed E-state index contributed by atoms with van der Waals surface area (Å²) < 4.78 is 0. The van der Waals surface area contributed by atoms with Gasteiger partial charge in [-0.25, -0.2) is 9.97 Å². The smallest absolute Gasteiger partial charge is 0.229 e. The van der Waals surface area contributed by atoms with Gasteiger partial charge in [0.1, 0.15) is 6.33 Å². The average Bonchev–Trinajstić information content (AvgIpc) is 2.49. The fourth-order valence-electron chi connectivity index (χ4n) is 2.43. The molecule has 0 atom stereocenters. The first-order chi connectivity index (χ1) is 10.2. The van der Waals surface area contributed by atoms with Crippen LogP contribution in [0, 0.1) is 6.92 Å². The van der Waals surface area contributed by atoms with Crippen molar-refractivity contribution in [3.8, 4) is 0 Å². The highest BCUT2D eigenvalue weighted by Crippen LogP contribution is 2.30. The van der Waals surface area contributed by atoms with Crippen molar-refractivity contribution in [3.05, 3.63) is 60.4 Å². The summed E-state index contributed by atoms with van der Waals surface area (Å²) in [4.78, 5) is 22.4. The predicted octanol–water partition coefficient (Wildman–Crippen LogP) is 3.62. The number of benzene rings is 2. The number of nitrogens with zero attached hydrogens (tertiary/aromatic N) is 3. The van der Waals surface area contributed by atoms with Crippen LogP contribution in [0.1, 0.15) is 12.5 Å². The van der Waals surface area contributed by atoms with Crippen LogP contribution in [0.5, 0.6) is 0 Å². The lowest BCUT2D eigenvalue weighted by Crippen LogP contribution is -2.24. The lowest BCUT2D eigenvalue weighted by molar-refractivity contribution is -0.115. The molecule has 3 rings (SSSR count). The van der Waals surface area contributed by atoms with Gasteiger partial charge in [-0.15, -0.1) is 0 Å². The van der Waals surface area contributed by atoms with Crippen LogP contribution in [0.25, 0.3) is 10.9 Å². The molecule has 0 fully saturated rings. The monoisotopic (exact) mass is 277 g/mol. The Hall–Kier alpha value is -2.75. The standard InChI is InChI=1S/C17H15N3O/c1-12-7-6-10-15-16(12)18-11-19-17(15)20(13(2)21)14-8-4-3-5-9-14/h3-11H,1-2H3. The van der Waals surface area contributed by atoms with Gasteiger partial charge in [-0.1, -0.05) is 30.3 Å². The zero-order valence-corrected chi connectivity index (χ0v) is 11.9. The minimum absolute atomic E-state index is 0.0808. The summed E-state index contributed by atoms with van der Waals surface area (Å²) in [7, 11) is 0. The molecule has 0 unspecified atom stereocenters. The van der Waals surface area contributed by atoms with Crippen LogP contribution in [-0.4, -0.2) is 15.9 Å². The predicted molar refractivity (Wildman–Crippen MR) is 83.5 cm³/mol. The summed E-state index contributed by atoms with van der Waals surface area (Å²) in [6, 6.07) is 15.4. The van der Waals surface area contributed by atoms with Gasteiger partial charge in [0, 0.05) is 12.3 Å². The molecule has 0 aliphatic heterocycles. The maximum atomic E-state index is 12.1. The van der Waals surface area contributed by atoms with Crippen molar-refractivity contribution < 1.29 is 4.79 Å². The first-order valence-electron chi connectivity index (χ1n) is 6.74. The van der Waals surface area contributed by atoms with Crippen LogP contribution in [0.15, 0.2) is 54.9 Å². The molecule has 0 spiro atoms. The number of hydrogen-bond donors (Lipinski definition) is 0. The Balaban J connectivity index is 2.26. The van der Waals surface area contributed by atoms with Gasteiger partial charge in [-0.2, -0.15) is 0 Å². The number of fused-ring (bicyclic) bond motifs is 1. The molecule has 1 heterocycles. The van der Waals surface area contributed by atoms with E-state index in [1.165, 1.54) is 13.3 Å². The summed E-state index contributed by atoms with van der Waals surface area (Å²) in [5, 5.41) is 0.872. The van der Waals surface area contributed by atoms with Crippen LogP contribution >= 0.6 is 0 Å². The molecule has 0 radical (unpaired) electrons. The van der Waals surface area contributed by atoms with E-state index in [4.69, 9.17) is 0 Å². The number of aryl methyl sites for hydroxylation is 1. The topological polar surface area (TPSA) is 46.1 Å². The van der Waals surface area contributed by atoms with Gasteiger partial charge in [-0.3, -0.25) is 9.69 Å². The van der Waals surface area contributed by atoms with E-state index in [0.29, 0.717) is 5.82 Å². The van der Waals surface area contributed by atoms with Crippen molar-refractivity contribution in [2.75, 3.05) is 4.90 Å². The maximum Gasteiger partial charge on any atom is 0.229 e. The van der Waals surface area contributed by atoms with E-state index in [1.807, 2.05) is 55.5 Å². The first-order valence-corrected chi connectivity index (χ1v) is 6.74. The summed E-state index contributed by atoms with van der Waals surface area (Å²) in [6.07, 6.45) is 1.50. The lowest BCUT2D eigenvalue weighted by atomic mass is 10.1. The molecule has 0 aliphatic carbocycles. The quantitative estimate of drug-likeness (QED) is 0.718. The highest BCUT2D eigenvalue weighted by molar-refractivity contribution is 6.05. The zero-order valence-electron chi connectivity index (χ0n) is 11.9. The highest BCUT2D eigenvalue weighted by Gasteiger charge is 2.18. The van der Waals surface area contributed by atoms with Crippen LogP contribution in [-0.2, 0) is 4.79 Å². The lowest BCUT2D eigenvalue weighted by Gasteiger charge is -2.21. The summed E-state index contributed by atoms with van der Waals surface area (Å²) in [5.41, 5.74) is 2.73. The van der Waals surface area contributed by atoms with Gasteiger partial charge in [0.05, 0.1) is 11.2 Å². The molecule has 4 nitrogen and oxygen atoms in total. The number of rotatable bonds is 2. The Morgan fingerprint density at radius 1 is 1.00 bits per heavy atom. The molecular weight excluding hydrogens is 262 g/mol. The van der Waals surface area contributed by atoms with Crippen LogP contribution in [0.4, 0.5) is 11.5 Å². The number of carbonyl (C=O) groups excluding carboxylic acids is 1. The highest BCUT2D eigenvalue weighted by atomic mass is 16.2. The minimum Gasteiger partial charge on any atom is -0.274 e. The van der Waals surface area contributed by atoms with E-state index < -0.39 is 0 Å². The summed E-state index contributed by atoms with van der Waals surface area (Å²) in [6.45, 7) is 3.54. The largest absolute Gasteiger partial charge is 0.274 e. The number of aromatic nitrogens is 2. The van der Waals surface area contributed by atoms with E-state index in [2.05, 4.69) is 9.97 Å². The van der Waals surface area contributed by atoms with Gasteiger partial charge in [-0.05, 0) is 30.7 Å². The molecular formula is C17H15N3O. The third-order valence-electron chi connectivity index (χ3n) is 3.39. The second kappa shape index (κ2) is 5.32. The van der Waals surface area contributed by atoms with E-state index in [-0.39, 0.29) is 5.91 Å². The number of hydrogen-bond acceptors (Lipinski definition) is 3. The van der Waals surface area contributed by atoms with Crippen LogP contribution < -0.4 is 4.90 Å². The molecule has 2 aromatic carbocycles. The van der Waals surface area contributed by atoms with Crippen molar-refractivity contribution in [1.82, 2.24) is 9.97 Å². The molecule has 104 valence electrons. The van der Waals surface area contributed by atoms with Crippen LogP contribution in [0.2, 0.25) is 0 Å². The Bertz CT molecular complexity index is 799. The third kappa shape index (κ3) is 2.36. The van der Waals surface area contributed by atoms with Gasteiger partial charge >= 0.3 is 0 Å². The Morgan fingerprint density at radius 2 is 1.76 bits per heavy atom. The number of para-hydroxylation sites is 2. The normalized spacial score (nSPS) is 10.6. The number of anilines is 2. The van der Waals surface area contributed by atoms with Gasteiger partial charge in [0.2, 0.25) is 5.91 Å². The molecule has 1 amide bonds. The Kier molecular flexibility index (Phi) is 3.36. The third-order valence-corrected chi connectivity index (χ3v) is 3.39. The summed E-state index contributed by atoms with van der Waals surface area (Å²) in [5.74, 6) is 0.533. The molecule has 4 heteroatoms. The molecule has 0 saturated heterocycles. The first kappa shape index (κ1) is 13.2. The van der Waals surface area contributed by atoms with Gasteiger partial charge in [0.15, 0.2) is 5.82 Å². The molecule has 0 bridgehead atoms. The molecule has 3 aromatic rings. The SMILES string of the molecule is CC(=O)N(c1ccccc1)c1ncnc2c(C)cccc12. The van der Waals surface area contributed by atoms with Crippen molar-refractivity contribution in [1.29, 1.82) is 0 Å². The fraction of sp³-hybridized carbons (Fsp3) is 0.118. The van der Waals surface area contributed by atoms with Crippen molar-refractivity contribution in [2.45, 2.75) is 13.8 Å². The number of carbonyl (C=O) groups is 1. The van der Waals surface area contributed by atoms with Crippen LogP contribution in [0.3, 0.4) is 0 Å². The van der Waals surface area contributed by atoms with E-state index >= 15 is 0 Å². The molecule has 0 N–H and O–H groups in total. The molecule has 0 saturated carbocycles. The molecule has 21 heavy (non-hydrogen) atoms. The van der Waals surface area contributed by atoms with E-state index in [1.54, 1.807) is 4.90 Å². The van der Waals surface area contributed by atoms with Crippen molar-refractivity contribution in [2.24, 2.45) is 0 Å².